The smallest absolute Gasteiger partial charge is 0.0341 e. The van der Waals surface area contributed by atoms with E-state index in [-0.39, 0.29) is 6.04 Å². The first kappa shape index (κ1) is 14.7. The lowest BCUT2D eigenvalue weighted by molar-refractivity contribution is 0.313. The lowest BCUT2D eigenvalue weighted by Crippen LogP contribution is -2.33. The third-order valence-electron chi connectivity index (χ3n) is 3.36. The van der Waals surface area contributed by atoms with Crippen molar-refractivity contribution in [3.05, 3.63) is 33.8 Å². The second-order valence-corrected chi connectivity index (χ2v) is 5.91. The Bertz CT molecular complexity index is 363. The zero-order valence-corrected chi connectivity index (χ0v) is 12.7. The van der Waals surface area contributed by atoms with E-state index in [2.05, 4.69) is 60.2 Å². The summed E-state index contributed by atoms with van der Waals surface area (Å²) in [6, 6.07) is 6.41. The van der Waals surface area contributed by atoms with Crippen molar-refractivity contribution in [2.24, 2.45) is 17.6 Å². The molecule has 2 atom stereocenters. The molecule has 0 radical (unpaired) electrons. The predicted molar refractivity (Wildman–Crippen MR) is 78.1 cm³/mol. The van der Waals surface area contributed by atoms with E-state index >= 15 is 0 Å². The monoisotopic (exact) mass is 298 g/mol. The lowest BCUT2D eigenvalue weighted by Gasteiger charge is -2.28. The highest BCUT2D eigenvalue weighted by molar-refractivity contribution is 9.10. The van der Waals surface area contributed by atoms with Crippen LogP contribution in [0.3, 0.4) is 0 Å². The van der Waals surface area contributed by atoms with Gasteiger partial charge in [0.25, 0.3) is 0 Å². The molecule has 0 aliphatic carbocycles. The van der Waals surface area contributed by atoms with Crippen LogP contribution in [0.1, 0.15) is 31.0 Å². The number of halogens is 1. The minimum Gasteiger partial charge on any atom is -0.324 e. The Morgan fingerprint density at radius 1 is 1.35 bits per heavy atom. The number of rotatable bonds is 5. The van der Waals surface area contributed by atoms with E-state index in [1.165, 1.54) is 11.1 Å². The topological polar surface area (TPSA) is 38.0 Å². The van der Waals surface area contributed by atoms with Gasteiger partial charge in [0.05, 0.1) is 0 Å². The van der Waals surface area contributed by atoms with Crippen LogP contribution in [0, 0.1) is 18.8 Å². The maximum atomic E-state index is 6.44. The molecular formula is C14H23BrN2. The molecule has 0 bridgehead atoms. The van der Waals surface area contributed by atoms with Gasteiger partial charge < -0.3 is 11.1 Å². The molecule has 2 nitrogen and oxygen atoms in total. The Morgan fingerprint density at radius 3 is 2.53 bits per heavy atom. The number of nitrogens with one attached hydrogen (secondary N) is 1. The summed E-state index contributed by atoms with van der Waals surface area (Å²) < 4.78 is 1.10. The Labute approximate surface area is 113 Å². The fourth-order valence-corrected chi connectivity index (χ4v) is 2.59. The van der Waals surface area contributed by atoms with Crippen LogP contribution in [0.2, 0.25) is 0 Å². The summed E-state index contributed by atoms with van der Waals surface area (Å²) in [5.74, 6) is 1.02. The molecule has 3 N–H and O–H groups in total. The minimum absolute atomic E-state index is 0.0833. The molecule has 0 aliphatic heterocycles. The molecular weight excluding hydrogens is 276 g/mol. The minimum atomic E-state index is 0.0833. The highest BCUT2D eigenvalue weighted by atomic mass is 79.9. The van der Waals surface area contributed by atoms with Crippen molar-refractivity contribution in [2.75, 3.05) is 13.6 Å². The van der Waals surface area contributed by atoms with Crippen LogP contribution in [0.15, 0.2) is 22.7 Å². The Kier molecular flexibility index (Phi) is 5.63. The summed E-state index contributed by atoms with van der Waals surface area (Å²) in [7, 11) is 1.98. The third kappa shape index (κ3) is 3.80. The number of nitrogens with two attached hydrogens (primary N) is 1. The first-order valence-corrected chi connectivity index (χ1v) is 6.93. The van der Waals surface area contributed by atoms with Gasteiger partial charge in [-0.15, -0.1) is 0 Å². The summed E-state index contributed by atoms with van der Waals surface area (Å²) in [6.45, 7) is 7.54. The van der Waals surface area contributed by atoms with Gasteiger partial charge in [0.2, 0.25) is 0 Å². The van der Waals surface area contributed by atoms with Crippen molar-refractivity contribution in [3.63, 3.8) is 0 Å². The SMILES string of the molecule is CNCC(C(C)C)C(N)c1cc(Br)ccc1C. The van der Waals surface area contributed by atoms with Gasteiger partial charge >= 0.3 is 0 Å². The molecule has 1 aromatic rings. The number of aryl methyl sites for hydroxylation is 1. The van der Waals surface area contributed by atoms with Crippen LogP contribution in [-0.2, 0) is 0 Å². The Morgan fingerprint density at radius 2 is 2.00 bits per heavy atom. The van der Waals surface area contributed by atoms with Gasteiger partial charge in [-0.1, -0.05) is 35.8 Å². The summed E-state index contributed by atoms with van der Waals surface area (Å²) in [5.41, 5.74) is 8.95. The second kappa shape index (κ2) is 6.53. The zero-order chi connectivity index (χ0) is 13.0. The quantitative estimate of drug-likeness (QED) is 0.876. The molecule has 17 heavy (non-hydrogen) atoms. The molecule has 0 aliphatic rings. The number of hydrogen-bond acceptors (Lipinski definition) is 2. The highest BCUT2D eigenvalue weighted by Gasteiger charge is 2.23. The molecule has 3 heteroatoms. The zero-order valence-electron chi connectivity index (χ0n) is 11.1. The highest BCUT2D eigenvalue weighted by Crippen LogP contribution is 2.29. The van der Waals surface area contributed by atoms with E-state index in [0.29, 0.717) is 11.8 Å². The Hall–Kier alpha value is -0.380. The van der Waals surface area contributed by atoms with E-state index in [1.807, 2.05) is 7.05 Å². The Balaban J connectivity index is 2.99. The summed E-state index contributed by atoms with van der Waals surface area (Å²) in [4.78, 5) is 0. The fraction of sp³-hybridized carbons (Fsp3) is 0.571. The second-order valence-electron chi connectivity index (χ2n) is 4.99. The molecule has 1 rings (SSSR count). The predicted octanol–water partition coefficient (Wildman–Crippen LogP) is 3.25. The van der Waals surface area contributed by atoms with Gasteiger partial charge in [-0.3, -0.25) is 0 Å². The van der Waals surface area contributed by atoms with Crippen LogP contribution in [0.5, 0.6) is 0 Å². The summed E-state index contributed by atoms with van der Waals surface area (Å²) in [5, 5.41) is 3.24. The van der Waals surface area contributed by atoms with Gasteiger partial charge in [0.1, 0.15) is 0 Å². The molecule has 0 aromatic heterocycles. The molecule has 0 amide bonds. The molecule has 0 saturated heterocycles. The van der Waals surface area contributed by atoms with E-state index in [9.17, 15) is 0 Å². The normalized spacial score (nSPS) is 15.0. The largest absolute Gasteiger partial charge is 0.324 e. The molecule has 0 heterocycles. The van der Waals surface area contributed by atoms with Gasteiger partial charge in [0.15, 0.2) is 0 Å². The number of benzene rings is 1. The van der Waals surface area contributed by atoms with Crippen molar-refractivity contribution in [1.82, 2.24) is 5.32 Å². The van der Waals surface area contributed by atoms with E-state index in [4.69, 9.17) is 5.73 Å². The lowest BCUT2D eigenvalue weighted by atomic mass is 9.83. The molecule has 96 valence electrons. The fourth-order valence-electron chi connectivity index (χ4n) is 2.21. The number of hydrogen-bond donors (Lipinski definition) is 2. The van der Waals surface area contributed by atoms with Gasteiger partial charge in [-0.2, -0.15) is 0 Å². The molecule has 0 saturated carbocycles. The third-order valence-corrected chi connectivity index (χ3v) is 3.85. The van der Waals surface area contributed by atoms with Gasteiger partial charge in [-0.05, 0) is 55.6 Å². The van der Waals surface area contributed by atoms with E-state index in [0.717, 1.165) is 11.0 Å². The maximum Gasteiger partial charge on any atom is 0.0341 e. The van der Waals surface area contributed by atoms with Crippen LogP contribution < -0.4 is 11.1 Å². The average molecular weight is 299 g/mol. The standard InChI is InChI=1S/C14H23BrN2/c1-9(2)13(8-17-4)14(16)12-7-11(15)6-5-10(12)3/h5-7,9,13-14,17H,8,16H2,1-4H3. The summed E-state index contributed by atoms with van der Waals surface area (Å²) >= 11 is 3.52. The molecule has 2 unspecified atom stereocenters. The van der Waals surface area contributed by atoms with Crippen molar-refractivity contribution in [1.29, 1.82) is 0 Å². The van der Waals surface area contributed by atoms with Gasteiger partial charge in [0, 0.05) is 10.5 Å². The molecule has 0 spiro atoms. The van der Waals surface area contributed by atoms with Crippen molar-refractivity contribution < 1.29 is 0 Å². The van der Waals surface area contributed by atoms with Crippen LogP contribution >= 0.6 is 15.9 Å². The van der Waals surface area contributed by atoms with Crippen LogP contribution in [-0.4, -0.2) is 13.6 Å². The van der Waals surface area contributed by atoms with Crippen LogP contribution in [0.4, 0.5) is 0 Å². The van der Waals surface area contributed by atoms with Crippen LogP contribution in [0.25, 0.3) is 0 Å². The van der Waals surface area contributed by atoms with Crippen molar-refractivity contribution in [2.45, 2.75) is 26.8 Å². The van der Waals surface area contributed by atoms with Crippen molar-refractivity contribution >= 4 is 15.9 Å². The van der Waals surface area contributed by atoms with E-state index in [1.54, 1.807) is 0 Å². The summed E-state index contributed by atoms with van der Waals surface area (Å²) in [6.07, 6.45) is 0. The van der Waals surface area contributed by atoms with Gasteiger partial charge in [-0.25, -0.2) is 0 Å². The molecule has 0 fully saturated rings. The van der Waals surface area contributed by atoms with E-state index < -0.39 is 0 Å². The first-order valence-electron chi connectivity index (χ1n) is 6.13. The average Bonchev–Trinajstić information content (AvgIpc) is 2.28. The first-order chi connectivity index (χ1) is 7.97. The molecule has 1 aromatic carbocycles. The van der Waals surface area contributed by atoms with Crippen molar-refractivity contribution in [3.8, 4) is 0 Å². The maximum absolute atomic E-state index is 6.44.